The van der Waals surface area contributed by atoms with Gasteiger partial charge in [0.05, 0.1) is 12.0 Å². The van der Waals surface area contributed by atoms with E-state index in [4.69, 9.17) is 4.42 Å². The molecule has 1 N–H and O–H groups in total. The molecule has 1 aliphatic rings. The lowest BCUT2D eigenvalue weighted by molar-refractivity contribution is 0.500. The van der Waals surface area contributed by atoms with Crippen molar-refractivity contribution in [3.8, 4) is 0 Å². The van der Waals surface area contributed by atoms with Gasteiger partial charge in [0, 0.05) is 13.0 Å². The molecular formula is C7H9NO. The fourth-order valence-electron chi connectivity index (χ4n) is 1.16. The number of anilines is 1. The number of hydrogen-bond donors (Lipinski definition) is 1. The minimum absolute atomic E-state index is 1.09. The van der Waals surface area contributed by atoms with E-state index in [9.17, 15) is 0 Å². The lowest BCUT2D eigenvalue weighted by Crippen LogP contribution is -2.08. The van der Waals surface area contributed by atoms with Crippen LogP contribution in [0.5, 0.6) is 0 Å². The molecule has 1 aromatic rings. The molecule has 0 radical (unpaired) electrons. The van der Waals surface area contributed by atoms with Crippen molar-refractivity contribution in [1.82, 2.24) is 0 Å². The fraction of sp³-hybridized carbons (Fsp3) is 0.429. The van der Waals surface area contributed by atoms with E-state index in [-0.39, 0.29) is 0 Å². The summed E-state index contributed by atoms with van der Waals surface area (Å²) in [4.78, 5) is 0. The van der Waals surface area contributed by atoms with Crippen molar-refractivity contribution in [3.05, 3.63) is 18.1 Å². The van der Waals surface area contributed by atoms with Gasteiger partial charge in [0.1, 0.15) is 5.76 Å². The summed E-state index contributed by atoms with van der Waals surface area (Å²) < 4.78 is 5.19. The second-order valence-corrected chi connectivity index (χ2v) is 2.29. The highest BCUT2D eigenvalue weighted by molar-refractivity contribution is 5.47. The third-order valence-electron chi connectivity index (χ3n) is 1.64. The predicted octanol–water partition coefficient (Wildman–Crippen LogP) is 1.64. The SMILES string of the molecule is c1cc2c(o1)CCCN2. The molecule has 2 nitrogen and oxygen atoms in total. The molecule has 0 atom stereocenters. The Morgan fingerprint density at radius 2 is 2.56 bits per heavy atom. The summed E-state index contributed by atoms with van der Waals surface area (Å²) in [5.74, 6) is 1.11. The largest absolute Gasteiger partial charge is 0.467 e. The Kier molecular flexibility index (Phi) is 0.979. The van der Waals surface area contributed by atoms with Crippen molar-refractivity contribution in [1.29, 1.82) is 0 Å². The van der Waals surface area contributed by atoms with E-state index < -0.39 is 0 Å². The lowest BCUT2D eigenvalue weighted by Gasteiger charge is -2.10. The molecule has 0 aliphatic carbocycles. The monoisotopic (exact) mass is 123 g/mol. The fourth-order valence-corrected chi connectivity index (χ4v) is 1.16. The molecule has 0 saturated carbocycles. The smallest absolute Gasteiger partial charge is 0.126 e. The zero-order valence-electron chi connectivity index (χ0n) is 5.18. The van der Waals surface area contributed by atoms with Crippen molar-refractivity contribution in [3.63, 3.8) is 0 Å². The first-order chi connectivity index (χ1) is 4.47. The van der Waals surface area contributed by atoms with Gasteiger partial charge in [-0.05, 0) is 12.5 Å². The summed E-state index contributed by atoms with van der Waals surface area (Å²) in [5, 5.41) is 3.25. The van der Waals surface area contributed by atoms with Gasteiger partial charge in [0.25, 0.3) is 0 Å². The topological polar surface area (TPSA) is 25.2 Å². The highest BCUT2D eigenvalue weighted by Crippen LogP contribution is 2.21. The average Bonchev–Trinajstić information content (AvgIpc) is 2.33. The van der Waals surface area contributed by atoms with Gasteiger partial charge in [-0.25, -0.2) is 0 Å². The number of fused-ring (bicyclic) bond motifs is 1. The quantitative estimate of drug-likeness (QED) is 0.567. The highest BCUT2D eigenvalue weighted by Gasteiger charge is 2.09. The van der Waals surface area contributed by atoms with E-state index in [2.05, 4.69) is 5.32 Å². The molecule has 0 aromatic carbocycles. The van der Waals surface area contributed by atoms with Crippen LogP contribution in [-0.4, -0.2) is 6.54 Å². The summed E-state index contributed by atoms with van der Waals surface area (Å²) in [7, 11) is 0. The summed E-state index contributed by atoms with van der Waals surface area (Å²) in [6.45, 7) is 1.09. The standard InChI is InChI=1S/C7H9NO/c1-2-7-6(8-4-1)3-5-9-7/h3,5,8H,1-2,4H2. The molecule has 48 valence electrons. The molecule has 2 heteroatoms. The van der Waals surface area contributed by atoms with Gasteiger partial charge >= 0.3 is 0 Å². The van der Waals surface area contributed by atoms with Crippen molar-refractivity contribution < 1.29 is 4.42 Å². The average molecular weight is 123 g/mol. The maximum absolute atomic E-state index is 5.19. The molecule has 0 fully saturated rings. The zero-order valence-corrected chi connectivity index (χ0v) is 5.18. The number of rotatable bonds is 0. The van der Waals surface area contributed by atoms with Crippen LogP contribution in [-0.2, 0) is 6.42 Å². The van der Waals surface area contributed by atoms with Gasteiger partial charge in [-0.3, -0.25) is 0 Å². The molecule has 0 amide bonds. The minimum atomic E-state index is 1.09. The van der Waals surface area contributed by atoms with E-state index in [0.29, 0.717) is 0 Å². The second kappa shape index (κ2) is 1.79. The maximum Gasteiger partial charge on any atom is 0.126 e. The molecule has 0 spiro atoms. The van der Waals surface area contributed by atoms with Crippen LogP contribution in [0.15, 0.2) is 16.7 Å². The summed E-state index contributed by atoms with van der Waals surface area (Å²) in [6, 6.07) is 1.98. The molecule has 0 saturated heterocycles. The molecule has 2 rings (SSSR count). The van der Waals surface area contributed by atoms with Crippen molar-refractivity contribution >= 4 is 5.69 Å². The van der Waals surface area contributed by atoms with E-state index in [1.165, 1.54) is 12.1 Å². The van der Waals surface area contributed by atoms with Gasteiger partial charge in [-0.1, -0.05) is 0 Å². The molecule has 0 bridgehead atoms. The molecule has 2 heterocycles. The Morgan fingerprint density at radius 3 is 3.44 bits per heavy atom. The van der Waals surface area contributed by atoms with E-state index in [1.54, 1.807) is 6.26 Å². The van der Waals surface area contributed by atoms with Crippen LogP contribution in [0.4, 0.5) is 5.69 Å². The summed E-state index contributed by atoms with van der Waals surface area (Å²) in [5.41, 5.74) is 1.18. The Balaban J connectivity index is 2.39. The first kappa shape index (κ1) is 4.91. The Morgan fingerprint density at radius 1 is 1.56 bits per heavy atom. The van der Waals surface area contributed by atoms with Crippen LogP contribution in [0.2, 0.25) is 0 Å². The van der Waals surface area contributed by atoms with Crippen LogP contribution < -0.4 is 5.32 Å². The van der Waals surface area contributed by atoms with Crippen LogP contribution >= 0.6 is 0 Å². The lowest BCUT2D eigenvalue weighted by atomic mass is 10.2. The molecule has 1 aliphatic heterocycles. The predicted molar refractivity (Wildman–Crippen MR) is 35.5 cm³/mol. The third kappa shape index (κ3) is 0.707. The van der Waals surface area contributed by atoms with Crippen LogP contribution in [0, 0.1) is 0 Å². The Labute approximate surface area is 53.9 Å². The van der Waals surface area contributed by atoms with E-state index in [1.807, 2.05) is 6.07 Å². The molecular weight excluding hydrogens is 114 g/mol. The van der Waals surface area contributed by atoms with E-state index >= 15 is 0 Å². The highest BCUT2D eigenvalue weighted by atomic mass is 16.3. The summed E-state index contributed by atoms with van der Waals surface area (Å²) in [6.07, 6.45) is 4.03. The number of aryl methyl sites for hydroxylation is 1. The molecule has 9 heavy (non-hydrogen) atoms. The number of nitrogens with one attached hydrogen (secondary N) is 1. The second-order valence-electron chi connectivity index (χ2n) is 2.29. The Bertz CT molecular complexity index is 184. The number of hydrogen-bond acceptors (Lipinski definition) is 2. The Hall–Kier alpha value is -0.920. The first-order valence-corrected chi connectivity index (χ1v) is 3.27. The summed E-state index contributed by atoms with van der Waals surface area (Å²) >= 11 is 0. The van der Waals surface area contributed by atoms with Crippen LogP contribution in [0.3, 0.4) is 0 Å². The van der Waals surface area contributed by atoms with Gasteiger partial charge in [-0.15, -0.1) is 0 Å². The number of furan rings is 1. The van der Waals surface area contributed by atoms with Crippen LogP contribution in [0.25, 0.3) is 0 Å². The first-order valence-electron chi connectivity index (χ1n) is 3.27. The van der Waals surface area contributed by atoms with Crippen LogP contribution in [0.1, 0.15) is 12.2 Å². The van der Waals surface area contributed by atoms with Crippen molar-refractivity contribution in [2.75, 3.05) is 11.9 Å². The zero-order chi connectivity index (χ0) is 6.10. The molecule has 1 aromatic heterocycles. The van der Waals surface area contributed by atoms with Gasteiger partial charge in [0.15, 0.2) is 0 Å². The third-order valence-corrected chi connectivity index (χ3v) is 1.64. The minimum Gasteiger partial charge on any atom is -0.467 e. The normalized spacial score (nSPS) is 16.4. The molecule has 0 unspecified atom stereocenters. The maximum atomic E-state index is 5.19. The van der Waals surface area contributed by atoms with Crippen molar-refractivity contribution in [2.45, 2.75) is 12.8 Å². The van der Waals surface area contributed by atoms with Gasteiger partial charge in [-0.2, -0.15) is 0 Å². The van der Waals surface area contributed by atoms with Gasteiger partial charge < -0.3 is 9.73 Å². The van der Waals surface area contributed by atoms with Gasteiger partial charge in [0.2, 0.25) is 0 Å². The van der Waals surface area contributed by atoms with Crippen molar-refractivity contribution in [2.24, 2.45) is 0 Å². The van der Waals surface area contributed by atoms with E-state index in [0.717, 1.165) is 18.7 Å².